The predicted octanol–water partition coefficient (Wildman–Crippen LogP) is 4.43. The largest absolute Gasteiger partial charge is 0.298 e. The van der Waals surface area contributed by atoms with Crippen LogP contribution in [0.1, 0.15) is 32.1 Å². The zero-order valence-electron chi connectivity index (χ0n) is 16.0. The number of nitrogens with zero attached hydrogens (tertiary/aromatic N) is 1. The van der Waals surface area contributed by atoms with Gasteiger partial charge in [0.25, 0.3) is 15.9 Å². The van der Waals surface area contributed by atoms with Crippen LogP contribution in [0.5, 0.6) is 0 Å². The molecule has 6 nitrogen and oxygen atoms in total. The molecule has 1 aromatic heterocycles. The lowest BCUT2D eigenvalue weighted by Crippen LogP contribution is -2.15. The van der Waals surface area contributed by atoms with Gasteiger partial charge >= 0.3 is 0 Å². The van der Waals surface area contributed by atoms with E-state index in [1.807, 2.05) is 26.8 Å². The van der Waals surface area contributed by atoms with Gasteiger partial charge in [0.15, 0.2) is 5.13 Å². The fourth-order valence-electron chi connectivity index (χ4n) is 2.59. The normalized spacial score (nSPS) is 11.3. The standard InChI is InChI=1S/C20H21N3O3S2/c1-12-5-6-13(2)18(11-12)28(25,26)23-17-9-7-16(8-10-17)19(24)22-20-21-14(3)15(4)27-20/h5-11,23H,1-4H3,(H,21,22,24). The molecule has 2 aromatic carbocycles. The van der Waals surface area contributed by atoms with Crippen molar-refractivity contribution >= 4 is 38.1 Å². The van der Waals surface area contributed by atoms with E-state index in [-0.39, 0.29) is 10.8 Å². The summed E-state index contributed by atoms with van der Waals surface area (Å²) < 4.78 is 27.9. The summed E-state index contributed by atoms with van der Waals surface area (Å²) in [5, 5.41) is 3.30. The number of carbonyl (C=O) groups excluding carboxylic acids is 1. The third kappa shape index (κ3) is 4.40. The zero-order chi connectivity index (χ0) is 20.5. The van der Waals surface area contributed by atoms with E-state index in [0.29, 0.717) is 21.9 Å². The highest BCUT2D eigenvalue weighted by molar-refractivity contribution is 7.92. The quantitative estimate of drug-likeness (QED) is 0.645. The number of rotatable bonds is 5. The highest BCUT2D eigenvalue weighted by Gasteiger charge is 2.17. The minimum atomic E-state index is -3.71. The first-order valence-corrected chi connectivity index (χ1v) is 10.9. The lowest BCUT2D eigenvalue weighted by atomic mass is 10.2. The van der Waals surface area contributed by atoms with Gasteiger partial charge in [-0.1, -0.05) is 12.1 Å². The Morgan fingerprint density at radius 1 is 1.00 bits per heavy atom. The van der Waals surface area contributed by atoms with Gasteiger partial charge < -0.3 is 0 Å². The van der Waals surface area contributed by atoms with Crippen LogP contribution in [0.15, 0.2) is 47.4 Å². The highest BCUT2D eigenvalue weighted by atomic mass is 32.2. The summed E-state index contributed by atoms with van der Waals surface area (Å²) in [6, 6.07) is 11.6. The molecule has 0 aliphatic heterocycles. The smallest absolute Gasteiger partial charge is 0.262 e. The van der Waals surface area contributed by atoms with Crippen LogP contribution in [0, 0.1) is 27.7 Å². The van der Waals surface area contributed by atoms with Gasteiger partial charge in [0.05, 0.1) is 10.6 Å². The molecule has 8 heteroatoms. The van der Waals surface area contributed by atoms with E-state index in [1.165, 1.54) is 11.3 Å². The number of carbonyl (C=O) groups is 1. The van der Waals surface area contributed by atoms with Crippen molar-refractivity contribution in [2.75, 3.05) is 10.0 Å². The Bertz CT molecular complexity index is 1110. The van der Waals surface area contributed by atoms with Crippen molar-refractivity contribution < 1.29 is 13.2 Å². The number of hydrogen-bond acceptors (Lipinski definition) is 5. The molecule has 1 heterocycles. The maximum Gasteiger partial charge on any atom is 0.262 e. The molecule has 146 valence electrons. The van der Waals surface area contributed by atoms with Crippen LogP contribution < -0.4 is 10.0 Å². The molecule has 2 N–H and O–H groups in total. The van der Waals surface area contributed by atoms with Crippen molar-refractivity contribution in [1.29, 1.82) is 0 Å². The minimum absolute atomic E-state index is 0.240. The third-order valence-corrected chi connectivity index (χ3v) is 6.79. The maximum absolute atomic E-state index is 12.7. The van der Waals surface area contributed by atoms with E-state index >= 15 is 0 Å². The Labute approximate surface area is 168 Å². The summed E-state index contributed by atoms with van der Waals surface area (Å²) >= 11 is 1.41. The average Bonchev–Trinajstić information content (AvgIpc) is 2.94. The summed E-state index contributed by atoms with van der Waals surface area (Å²) in [4.78, 5) is 17.9. The number of sulfonamides is 1. The van der Waals surface area contributed by atoms with Gasteiger partial charge in [0.2, 0.25) is 0 Å². The van der Waals surface area contributed by atoms with E-state index in [0.717, 1.165) is 16.1 Å². The molecule has 0 saturated carbocycles. The van der Waals surface area contributed by atoms with Crippen LogP contribution >= 0.6 is 11.3 Å². The number of benzene rings is 2. The van der Waals surface area contributed by atoms with Gasteiger partial charge in [0.1, 0.15) is 0 Å². The molecule has 0 atom stereocenters. The monoisotopic (exact) mass is 415 g/mol. The van der Waals surface area contributed by atoms with E-state index in [2.05, 4.69) is 15.0 Å². The zero-order valence-corrected chi connectivity index (χ0v) is 17.7. The van der Waals surface area contributed by atoms with Crippen molar-refractivity contribution in [2.45, 2.75) is 32.6 Å². The molecule has 0 bridgehead atoms. The third-order valence-electron chi connectivity index (χ3n) is 4.28. The first-order valence-electron chi connectivity index (χ1n) is 8.61. The van der Waals surface area contributed by atoms with Crippen LogP contribution in [-0.2, 0) is 10.0 Å². The summed E-state index contributed by atoms with van der Waals surface area (Å²) in [5.41, 5.74) is 3.23. The van der Waals surface area contributed by atoms with Gasteiger partial charge in [-0.05, 0) is 69.2 Å². The van der Waals surface area contributed by atoms with Gasteiger partial charge in [-0.25, -0.2) is 13.4 Å². The summed E-state index contributed by atoms with van der Waals surface area (Å²) in [6.45, 7) is 7.43. The Kier molecular flexibility index (Phi) is 5.53. The fraction of sp³-hybridized carbons (Fsp3) is 0.200. The number of amides is 1. The number of aromatic nitrogens is 1. The van der Waals surface area contributed by atoms with Gasteiger partial charge in [-0.2, -0.15) is 0 Å². The second-order valence-electron chi connectivity index (χ2n) is 6.57. The summed E-state index contributed by atoms with van der Waals surface area (Å²) in [6.07, 6.45) is 0. The lowest BCUT2D eigenvalue weighted by Gasteiger charge is -2.11. The molecule has 3 rings (SSSR count). The van der Waals surface area contributed by atoms with Crippen LogP contribution in [0.25, 0.3) is 0 Å². The van der Waals surface area contributed by atoms with Crippen molar-refractivity contribution in [3.63, 3.8) is 0 Å². The molecule has 1 amide bonds. The summed E-state index contributed by atoms with van der Waals surface area (Å²) in [5.74, 6) is -0.294. The van der Waals surface area contributed by atoms with Crippen molar-refractivity contribution in [2.24, 2.45) is 0 Å². The Balaban J connectivity index is 1.75. The molecule has 0 unspecified atom stereocenters. The molecule has 0 saturated heterocycles. The van der Waals surface area contributed by atoms with Crippen LogP contribution in [-0.4, -0.2) is 19.3 Å². The van der Waals surface area contributed by atoms with Crippen molar-refractivity contribution in [3.8, 4) is 0 Å². The van der Waals surface area contributed by atoms with E-state index in [4.69, 9.17) is 0 Å². The SMILES string of the molecule is Cc1ccc(C)c(S(=O)(=O)Nc2ccc(C(=O)Nc3nc(C)c(C)s3)cc2)c1. The van der Waals surface area contributed by atoms with Crippen LogP contribution in [0.2, 0.25) is 0 Å². The first kappa shape index (κ1) is 20.0. The van der Waals surface area contributed by atoms with E-state index < -0.39 is 10.0 Å². The number of nitrogens with one attached hydrogen (secondary N) is 2. The molecular formula is C20H21N3O3S2. The molecule has 0 aliphatic carbocycles. The topological polar surface area (TPSA) is 88.2 Å². The Morgan fingerprint density at radius 2 is 1.68 bits per heavy atom. The second kappa shape index (κ2) is 7.73. The molecule has 0 aliphatic rings. The van der Waals surface area contributed by atoms with Crippen molar-refractivity contribution in [3.05, 3.63) is 69.7 Å². The Morgan fingerprint density at radius 3 is 2.29 bits per heavy atom. The molecule has 0 spiro atoms. The molecular weight excluding hydrogens is 394 g/mol. The number of anilines is 2. The molecule has 0 fully saturated rings. The average molecular weight is 416 g/mol. The fourth-order valence-corrected chi connectivity index (χ4v) is 4.79. The molecule has 3 aromatic rings. The minimum Gasteiger partial charge on any atom is -0.298 e. The van der Waals surface area contributed by atoms with Crippen LogP contribution in [0.4, 0.5) is 10.8 Å². The van der Waals surface area contributed by atoms with Gasteiger partial charge in [-0.15, -0.1) is 11.3 Å². The Hall–Kier alpha value is -2.71. The van der Waals surface area contributed by atoms with E-state index in [9.17, 15) is 13.2 Å². The second-order valence-corrected chi connectivity index (χ2v) is 9.42. The predicted molar refractivity (Wildman–Crippen MR) is 113 cm³/mol. The van der Waals surface area contributed by atoms with Crippen LogP contribution in [0.3, 0.4) is 0 Å². The number of hydrogen-bond donors (Lipinski definition) is 2. The number of aryl methyl sites for hydroxylation is 4. The molecule has 28 heavy (non-hydrogen) atoms. The number of thiazole rings is 1. The van der Waals surface area contributed by atoms with E-state index in [1.54, 1.807) is 43.3 Å². The van der Waals surface area contributed by atoms with Gasteiger partial charge in [-0.3, -0.25) is 14.8 Å². The van der Waals surface area contributed by atoms with Crippen molar-refractivity contribution in [1.82, 2.24) is 4.98 Å². The first-order chi connectivity index (χ1) is 13.2. The highest BCUT2D eigenvalue weighted by Crippen LogP contribution is 2.23. The van der Waals surface area contributed by atoms with Gasteiger partial charge in [0, 0.05) is 16.1 Å². The maximum atomic E-state index is 12.7. The lowest BCUT2D eigenvalue weighted by molar-refractivity contribution is 0.102. The molecule has 0 radical (unpaired) electrons. The summed E-state index contributed by atoms with van der Waals surface area (Å²) in [7, 11) is -3.71.